The van der Waals surface area contributed by atoms with Crippen molar-refractivity contribution >= 4 is 11.6 Å². The van der Waals surface area contributed by atoms with Gasteiger partial charge in [-0.15, -0.1) is 0 Å². The molecule has 0 heterocycles. The molecule has 0 bridgehead atoms. The third-order valence-corrected chi connectivity index (χ3v) is 2.42. The average Bonchev–Trinajstić information content (AvgIpc) is 2.20. The zero-order chi connectivity index (χ0) is 10.4. The maximum Gasteiger partial charge on any atom is 0.0923 e. The minimum atomic E-state index is -0.0446. The summed E-state index contributed by atoms with van der Waals surface area (Å²) in [6, 6.07) is 10.3. The summed E-state index contributed by atoms with van der Waals surface area (Å²) in [4.78, 5) is 0. The molecule has 0 aliphatic rings. The third kappa shape index (κ3) is 3.52. The van der Waals surface area contributed by atoms with Gasteiger partial charge in [-0.25, -0.2) is 0 Å². The molecule has 1 aromatic carbocycles. The maximum absolute atomic E-state index is 5.79. The number of methoxy groups -OCH3 is 1. The Morgan fingerprint density at radius 1 is 1.43 bits per heavy atom. The van der Waals surface area contributed by atoms with Gasteiger partial charge >= 0.3 is 0 Å². The quantitative estimate of drug-likeness (QED) is 0.724. The highest BCUT2D eigenvalue weighted by Gasteiger charge is 2.09. The first-order valence-corrected chi connectivity index (χ1v) is 5.03. The summed E-state index contributed by atoms with van der Waals surface area (Å²) in [6.07, 6.45) is 1.80. The molecular weight excluding hydrogens is 196 g/mol. The smallest absolute Gasteiger partial charge is 0.0923 e. The lowest BCUT2D eigenvalue weighted by Gasteiger charge is -2.13. The Labute approximate surface area is 90.3 Å². The van der Waals surface area contributed by atoms with Crippen molar-refractivity contribution < 1.29 is 4.74 Å². The minimum Gasteiger partial charge on any atom is -0.376 e. The SMILES string of the molecule is C=C(Cl)C(CCc1ccccc1)OC. The van der Waals surface area contributed by atoms with Gasteiger partial charge in [0, 0.05) is 12.1 Å². The molecule has 14 heavy (non-hydrogen) atoms. The molecule has 1 unspecified atom stereocenters. The number of benzene rings is 1. The van der Waals surface area contributed by atoms with Crippen LogP contribution in [0.25, 0.3) is 0 Å². The lowest BCUT2D eigenvalue weighted by molar-refractivity contribution is 0.130. The van der Waals surface area contributed by atoms with Crippen molar-refractivity contribution in [1.29, 1.82) is 0 Å². The van der Waals surface area contributed by atoms with Crippen LogP contribution in [0.2, 0.25) is 0 Å². The Hall–Kier alpha value is -0.790. The van der Waals surface area contributed by atoms with E-state index in [1.807, 2.05) is 18.2 Å². The molecule has 0 saturated carbocycles. The molecule has 0 amide bonds. The van der Waals surface area contributed by atoms with Crippen molar-refractivity contribution in [3.8, 4) is 0 Å². The van der Waals surface area contributed by atoms with Gasteiger partial charge < -0.3 is 4.74 Å². The summed E-state index contributed by atoms with van der Waals surface area (Å²) < 4.78 is 5.20. The first-order valence-electron chi connectivity index (χ1n) is 4.65. The van der Waals surface area contributed by atoms with Crippen molar-refractivity contribution in [2.75, 3.05) is 7.11 Å². The van der Waals surface area contributed by atoms with Crippen LogP contribution >= 0.6 is 11.6 Å². The number of hydrogen-bond donors (Lipinski definition) is 0. The van der Waals surface area contributed by atoms with Crippen molar-refractivity contribution in [1.82, 2.24) is 0 Å². The van der Waals surface area contributed by atoms with Gasteiger partial charge in [-0.05, 0) is 18.4 Å². The molecule has 0 aromatic heterocycles. The van der Waals surface area contributed by atoms with E-state index in [9.17, 15) is 0 Å². The fourth-order valence-electron chi connectivity index (χ4n) is 1.34. The normalized spacial score (nSPS) is 12.4. The second-order valence-electron chi connectivity index (χ2n) is 3.20. The molecule has 76 valence electrons. The van der Waals surface area contributed by atoms with Crippen molar-refractivity contribution in [3.63, 3.8) is 0 Å². The molecule has 0 N–H and O–H groups in total. The summed E-state index contributed by atoms with van der Waals surface area (Å²) in [5.74, 6) is 0. The van der Waals surface area contributed by atoms with E-state index in [-0.39, 0.29) is 6.10 Å². The average molecular weight is 211 g/mol. The molecule has 0 spiro atoms. The first-order chi connectivity index (χ1) is 6.74. The molecule has 1 rings (SSSR count). The summed E-state index contributed by atoms with van der Waals surface area (Å²) in [5, 5.41) is 0.573. The largest absolute Gasteiger partial charge is 0.376 e. The highest BCUT2D eigenvalue weighted by atomic mass is 35.5. The highest BCUT2D eigenvalue weighted by molar-refractivity contribution is 6.29. The molecule has 2 heteroatoms. The van der Waals surface area contributed by atoms with Crippen LogP contribution in [-0.2, 0) is 11.2 Å². The summed E-state index contributed by atoms with van der Waals surface area (Å²) >= 11 is 5.79. The molecule has 0 aliphatic carbocycles. The van der Waals surface area contributed by atoms with Crippen molar-refractivity contribution in [2.24, 2.45) is 0 Å². The van der Waals surface area contributed by atoms with E-state index < -0.39 is 0 Å². The van der Waals surface area contributed by atoms with E-state index in [1.165, 1.54) is 5.56 Å². The molecular formula is C12H15ClO. The van der Waals surface area contributed by atoms with E-state index in [0.29, 0.717) is 5.03 Å². The van der Waals surface area contributed by atoms with Gasteiger partial charge in [-0.1, -0.05) is 48.5 Å². The standard InChI is InChI=1S/C12H15ClO/c1-10(13)12(14-2)9-8-11-6-4-3-5-7-11/h3-7,12H,1,8-9H2,2H3. The van der Waals surface area contributed by atoms with Crippen LogP contribution in [0.5, 0.6) is 0 Å². The Kier molecular flexibility index (Phi) is 4.71. The van der Waals surface area contributed by atoms with E-state index >= 15 is 0 Å². The van der Waals surface area contributed by atoms with Crippen LogP contribution in [0.1, 0.15) is 12.0 Å². The van der Waals surface area contributed by atoms with Crippen LogP contribution in [0, 0.1) is 0 Å². The second-order valence-corrected chi connectivity index (χ2v) is 3.68. The number of aryl methyl sites for hydroxylation is 1. The van der Waals surface area contributed by atoms with Crippen LogP contribution in [-0.4, -0.2) is 13.2 Å². The number of halogens is 1. The number of rotatable bonds is 5. The Morgan fingerprint density at radius 3 is 2.57 bits per heavy atom. The van der Waals surface area contributed by atoms with Crippen LogP contribution in [0.15, 0.2) is 41.9 Å². The van der Waals surface area contributed by atoms with Crippen molar-refractivity contribution in [3.05, 3.63) is 47.5 Å². The predicted molar refractivity (Wildman–Crippen MR) is 60.6 cm³/mol. The van der Waals surface area contributed by atoms with E-state index in [1.54, 1.807) is 7.11 Å². The lowest BCUT2D eigenvalue weighted by atomic mass is 10.1. The third-order valence-electron chi connectivity index (χ3n) is 2.17. The number of ether oxygens (including phenoxy) is 1. The minimum absolute atomic E-state index is 0.0446. The predicted octanol–water partition coefficient (Wildman–Crippen LogP) is 3.39. The summed E-state index contributed by atoms with van der Waals surface area (Å²) in [6.45, 7) is 3.68. The topological polar surface area (TPSA) is 9.23 Å². The van der Waals surface area contributed by atoms with Crippen molar-refractivity contribution in [2.45, 2.75) is 18.9 Å². The molecule has 1 atom stereocenters. The second kappa shape index (κ2) is 5.84. The van der Waals surface area contributed by atoms with Gasteiger partial charge in [0.1, 0.15) is 0 Å². The summed E-state index contributed by atoms with van der Waals surface area (Å²) in [5.41, 5.74) is 1.30. The van der Waals surface area contributed by atoms with E-state index in [2.05, 4.69) is 18.7 Å². The molecule has 0 saturated heterocycles. The fraction of sp³-hybridized carbons (Fsp3) is 0.333. The molecule has 0 aliphatic heterocycles. The highest BCUT2D eigenvalue weighted by Crippen LogP contribution is 2.15. The van der Waals surface area contributed by atoms with Gasteiger partial charge in [-0.3, -0.25) is 0 Å². The van der Waals surface area contributed by atoms with Crippen LogP contribution in [0.4, 0.5) is 0 Å². The first kappa shape index (κ1) is 11.3. The van der Waals surface area contributed by atoms with Crippen LogP contribution in [0.3, 0.4) is 0 Å². The van der Waals surface area contributed by atoms with Crippen LogP contribution < -0.4 is 0 Å². The van der Waals surface area contributed by atoms with E-state index in [0.717, 1.165) is 12.8 Å². The Balaban J connectivity index is 2.44. The van der Waals surface area contributed by atoms with Gasteiger partial charge in [0.15, 0.2) is 0 Å². The molecule has 0 radical (unpaired) electrons. The van der Waals surface area contributed by atoms with Gasteiger partial charge in [-0.2, -0.15) is 0 Å². The number of hydrogen-bond acceptors (Lipinski definition) is 1. The van der Waals surface area contributed by atoms with Gasteiger partial charge in [0.2, 0.25) is 0 Å². The molecule has 1 nitrogen and oxygen atoms in total. The lowest BCUT2D eigenvalue weighted by Crippen LogP contribution is -2.11. The molecule has 1 aromatic rings. The Morgan fingerprint density at radius 2 is 2.07 bits per heavy atom. The van der Waals surface area contributed by atoms with Gasteiger partial charge in [0.25, 0.3) is 0 Å². The molecule has 0 fully saturated rings. The zero-order valence-corrected chi connectivity index (χ0v) is 9.13. The summed E-state index contributed by atoms with van der Waals surface area (Å²) in [7, 11) is 1.66. The zero-order valence-electron chi connectivity index (χ0n) is 8.37. The maximum atomic E-state index is 5.79. The Bertz CT molecular complexity index is 282. The monoisotopic (exact) mass is 210 g/mol. The van der Waals surface area contributed by atoms with Gasteiger partial charge in [0.05, 0.1) is 6.10 Å². The van der Waals surface area contributed by atoms with E-state index in [4.69, 9.17) is 16.3 Å². The fourth-order valence-corrected chi connectivity index (χ4v) is 1.54.